The van der Waals surface area contributed by atoms with E-state index in [9.17, 15) is 0 Å². The Balaban J connectivity index is 2.37. The van der Waals surface area contributed by atoms with Crippen molar-refractivity contribution < 1.29 is 4.74 Å². The Bertz CT molecular complexity index is 583. The predicted molar refractivity (Wildman–Crippen MR) is 91.2 cm³/mol. The number of hydrogen-bond donors (Lipinski definition) is 0. The minimum Gasteiger partial charge on any atom is -0.490 e. The van der Waals surface area contributed by atoms with Gasteiger partial charge in [-0.2, -0.15) is 0 Å². The van der Waals surface area contributed by atoms with Gasteiger partial charge in [0.1, 0.15) is 5.75 Å². The van der Waals surface area contributed by atoms with Crippen molar-refractivity contribution in [2.45, 2.75) is 53.6 Å². The van der Waals surface area contributed by atoms with Gasteiger partial charge in [0.25, 0.3) is 0 Å². The summed E-state index contributed by atoms with van der Waals surface area (Å²) in [5.74, 6) is 1.59. The number of ether oxygens (including phenoxy) is 1. The summed E-state index contributed by atoms with van der Waals surface area (Å²) in [6.07, 6.45) is 0.207. The molecular formula is C20H26O. The van der Waals surface area contributed by atoms with Gasteiger partial charge >= 0.3 is 0 Å². The van der Waals surface area contributed by atoms with E-state index in [1.807, 2.05) is 0 Å². The summed E-state index contributed by atoms with van der Waals surface area (Å²) in [6.45, 7) is 12.8. The zero-order valence-electron chi connectivity index (χ0n) is 14.0. The molecule has 0 amide bonds. The Hall–Kier alpha value is -1.76. The molecule has 1 heteroatoms. The first kappa shape index (κ1) is 15.6. The van der Waals surface area contributed by atoms with E-state index >= 15 is 0 Å². The van der Waals surface area contributed by atoms with Crippen LogP contribution in [0.1, 0.15) is 50.3 Å². The largest absolute Gasteiger partial charge is 0.490 e. The van der Waals surface area contributed by atoms with Gasteiger partial charge in [-0.1, -0.05) is 38.1 Å². The summed E-state index contributed by atoms with van der Waals surface area (Å²) in [7, 11) is 0. The summed E-state index contributed by atoms with van der Waals surface area (Å²) in [5.41, 5.74) is 6.31. The first-order valence-corrected chi connectivity index (χ1v) is 7.76. The molecule has 0 aromatic heterocycles. The maximum Gasteiger partial charge on any atom is 0.125 e. The highest BCUT2D eigenvalue weighted by molar-refractivity contribution is 5.67. The Labute approximate surface area is 129 Å². The first-order chi connectivity index (χ1) is 9.88. The molecule has 2 aromatic carbocycles. The van der Waals surface area contributed by atoms with Gasteiger partial charge in [-0.3, -0.25) is 0 Å². The maximum atomic E-state index is 5.92. The van der Waals surface area contributed by atoms with Gasteiger partial charge < -0.3 is 4.74 Å². The van der Waals surface area contributed by atoms with Gasteiger partial charge in [0.15, 0.2) is 0 Å². The molecule has 0 saturated carbocycles. The Morgan fingerprint density at radius 2 is 1.29 bits per heavy atom. The third-order valence-electron chi connectivity index (χ3n) is 3.72. The van der Waals surface area contributed by atoms with Crippen LogP contribution >= 0.6 is 0 Å². The van der Waals surface area contributed by atoms with Crippen LogP contribution in [0.5, 0.6) is 5.75 Å². The van der Waals surface area contributed by atoms with E-state index < -0.39 is 0 Å². The molecule has 1 nitrogen and oxygen atoms in total. The van der Waals surface area contributed by atoms with E-state index in [0.717, 1.165) is 5.75 Å². The summed E-state index contributed by atoms with van der Waals surface area (Å²) in [4.78, 5) is 0. The van der Waals surface area contributed by atoms with E-state index in [0.29, 0.717) is 5.92 Å². The first-order valence-electron chi connectivity index (χ1n) is 7.76. The molecule has 2 aromatic rings. The third-order valence-corrected chi connectivity index (χ3v) is 3.72. The van der Waals surface area contributed by atoms with Gasteiger partial charge in [0, 0.05) is 0 Å². The predicted octanol–water partition coefficient (Wildman–Crippen LogP) is 5.88. The molecule has 0 radical (unpaired) electrons. The fourth-order valence-electron chi connectivity index (χ4n) is 2.60. The zero-order valence-corrected chi connectivity index (χ0v) is 14.0. The molecule has 0 saturated heterocycles. The van der Waals surface area contributed by atoms with Gasteiger partial charge in [-0.25, -0.2) is 0 Å². The number of aryl methyl sites for hydroxylation is 2. The average molecular weight is 282 g/mol. The summed E-state index contributed by atoms with van der Waals surface area (Å²) in [6, 6.07) is 13.3. The van der Waals surface area contributed by atoms with Crippen LogP contribution in [0.15, 0.2) is 36.4 Å². The molecule has 0 bridgehead atoms. The van der Waals surface area contributed by atoms with E-state index in [1.165, 1.54) is 27.8 Å². The van der Waals surface area contributed by atoms with E-state index in [-0.39, 0.29) is 6.10 Å². The molecule has 0 unspecified atom stereocenters. The van der Waals surface area contributed by atoms with Gasteiger partial charge in [0.2, 0.25) is 0 Å². The van der Waals surface area contributed by atoms with Crippen molar-refractivity contribution in [3.05, 3.63) is 53.1 Å². The van der Waals surface area contributed by atoms with Crippen LogP contribution in [0.3, 0.4) is 0 Å². The van der Waals surface area contributed by atoms with Crippen molar-refractivity contribution in [3.8, 4) is 16.9 Å². The summed E-state index contributed by atoms with van der Waals surface area (Å²) < 4.78 is 5.92. The molecule has 0 heterocycles. The van der Waals surface area contributed by atoms with Crippen LogP contribution in [-0.4, -0.2) is 6.10 Å². The van der Waals surface area contributed by atoms with Gasteiger partial charge in [0.05, 0.1) is 6.10 Å². The zero-order chi connectivity index (χ0) is 15.6. The molecule has 112 valence electrons. The second-order valence-corrected chi connectivity index (χ2v) is 6.38. The molecule has 2 rings (SSSR count). The molecule has 0 spiro atoms. The van der Waals surface area contributed by atoms with Crippen molar-refractivity contribution in [3.63, 3.8) is 0 Å². The van der Waals surface area contributed by atoms with Crippen molar-refractivity contribution >= 4 is 0 Å². The monoisotopic (exact) mass is 282 g/mol. The summed E-state index contributed by atoms with van der Waals surface area (Å²) >= 11 is 0. The molecule has 0 atom stereocenters. The second kappa shape index (κ2) is 6.34. The topological polar surface area (TPSA) is 9.23 Å². The average Bonchev–Trinajstić information content (AvgIpc) is 2.42. The lowest BCUT2D eigenvalue weighted by atomic mass is 9.96. The van der Waals surface area contributed by atoms with E-state index in [4.69, 9.17) is 4.74 Å². The number of benzene rings is 2. The van der Waals surface area contributed by atoms with Crippen LogP contribution < -0.4 is 4.74 Å². The highest BCUT2D eigenvalue weighted by atomic mass is 16.5. The molecule has 0 aliphatic rings. The van der Waals surface area contributed by atoms with E-state index in [2.05, 4.69) is 77.9 Å². The Morgan fingerprint density at radius 3 is 1.71 bits per heavy atom. The van der Waals surface area contributed by atoms with E-state index in [1.54, 1.807) is 0 Å². The molecule has 0 N–H and O–H groups in total. The van der Waals surface area contributed by atoms with Gasteiger partial charge in [-0.05, 0) is 73.6 Å². The van der Waals surface area contributed by atoms with Gasteiger partial charge in [-0.15, -0.1) is 0 Å². The fourth-order valence-corrected chi connectivity index (χ4v) is 2.60. The smallest absolute Gasteiger partial charge is 0.125 e. The van der Waals surface area contributed by atoms with Crippen LogP contribution in [0.2, 0.25) is 0 Å². The van der Waals surface area contributed by atoms with Crippen LogP contribution in [0.25, 0.3) is 11.1 Å². The fraction of sp³-hybridized carbons (Fsp3) is 0.400. The quantitative estimate of drug-likeness (QED) is 0.680. The standard InChI is InChI=1S/C20H26O/c1-13(2)17-7-9-18(10-8-17)19-11-15(5)20(16(6)12-19)21-14(3)4/h7-14H,1-6H3. The Kier molecular flexibility index (Phi) is 4.72. The van der Waals surface area contributed by atoms with Crippen molar-refractivity contribution in [2.75, 3.05) is 0 Å². The van der Waals surface area contributed by atoms with Crippen molar-refractivity contribution in [2.24, 2.45) is 0 Å². The number of hydrogen-bond acceptors (Lipinski definition) is 1. The molecule has 0 aliphatic heterocycles. The highest BCUT2D eigenvalue weighted by Crippen LogP contribution is 2.31. The van der Waals surface area contributed by atoms with Crippen LogP contribution in [0.4, 0.5) is 0 Å². The lowest BCUT2D eigenvalue weighted by molar-refractivity contribution is 0.239. The maximum absolute atomic E-state index is 5.92. The lowest BCUT2D eigenvalue weighted by Gasteiger charge is -2.17. The Morgan fingerprint density at radius 1 is 0.762 bits per heavy atom. The van der Waals surface area contributed by atoms with Crippen LogP contribution in [-0.2, 0) is 0 Å². The van der Waals surface area contributed by atoms with Crippen LogP contribution in [0, 0.1) is 13.8 Å². The molecule has 0 fully saturated rings. The lowest BCUT2D eigenvalue weighted by Crippen LogP contribution is -2.08. The minimum absolute atomic E-state index is 0.207. The normalized spacial score (nSPS) is 11.2. The molecular weight excluding hydrogens is 256 g/mol. The summed E-state index contributed by atoms with van der Waals surface area (Å²) in [5, 5.41) is 0. The second-order valence-electron chi connectivity index (χ2n) is 6.38. The highest BCUT2D eigenvalue weighted by Gasteiger charge is 2.09. The minimum atomic E-state index is 0.207. The van der Waals surface area contributed by atoms with Crippen molar-refractivity contribution in [1.82, 2.24) is 0 Å². The molecule has 0 aliphatic carbocycles. The number of rotatable bonds is 4. The van der Waals surface area contributed by atoms with Crippen molar-refractivity contribution in [1.29, 1.82) is 0 Å². The molecule has 21 heavy (non-hydrogen) atoms. The third kappa shape index (κ3) is 3.66. The SMILES string of the molecule is Cc1cc(-c2ccc(C(C)C)cc2)cc(C)c1OC(C)C.